The summed E-state index contributed by atoms with van der Waals surface area (Å²) in [5.74, 6) is -0.406. The molecular formula is C24H29FN6O. The van der Waals surface area contributed by atoms with Gasteiger partial charge >= 0.3 is 0 Å². The summed E-state index contributed by atoms with van der Waals surface area (Å²) in [4.78, 5) is 13.5. The number of hydrogen-bond acceptors (Lipinski definition) is 6. The Morgan fingerprint density at radius 2 is 1.88 bits per heavy atom. The summed E-state index contributed by atoms with van der Waals surface area (Å²) in [6.45, 7) is 10.5. The largest absolute Gasteiger partial charge is 0.423 e. The number of benzene rings is 1. The summed E-state index contributed by atoms with van der Waals surface area (Å²) in [7, 11) is 1.99. The minimum Gasteiger partial charge on any atom is -0.423 e. The van der Waals surface area contributed by atoms with Crippen molar-refractivity contribution in [3.05, 3.63) is 41.5 Å². The van der Waals surface area contributed by atoms with Crippen molar-refractivity contribution in [2.45, 2.75) is 52.6 Å². The quantitative estimate of drug-likeness (QED) is 0.466. The third-order valence-electron chi connectivity index (χ3n) is 6.54. The molecule has 0 N–H and O–H groups in total. The summed E-state index contributed by atoms with van der Waals surface area (Å²) in [5, 5.41) is 4.62. The molecule has 168 valence electrons. The van der Waals surface area contributed by atoms with Crippen LogP contribution in [0.15, 0.2) is 28.8 Å². The standard InChI is InChI=1S/C24H29FN6O/c1-14(2)30-8-6-18(7-9-30)29(5)24-27-22-19(25)11-17(12-21(22)32-24)20-10-15(3)23-26-16(4)13-31(23)28-20/h10-14,18H,6-9H2,1-5H3. The minimum atomic E-state index is -0.406. The third-order valence-corrected chi connectivity index (χ3v) is 6.54. The van der Waals surface area contributed by atoms with Gasteiger partial charge in [-0.1, -0.05) is 0 Å². The monoisotopic (exact) mass is 436 g/mol. The molecule has 4 aromatic rings. The molecule has 0 spiro atoms. The lowest BCUT2D eigenvalue weighted by Crippen LogP contribution is -2.45. The molecule has 0 unspecified atom stereocenters. The van der Waals surface area contributed by atoms with Crippen molar-refractivity contribution in [3.63, 3.8) is 0 Å². The zero-order chi connectivity index (χ0) is 22.6. The van der Waals surface area contributed by atoms with Crippen LogP contribution in [0.1, 0.15) is 37.9 Å². The molecule has 4 heterocycles. The van der Waals surface area contributed by atoms with E-state index in [1.807, 2.05) is 39.2 Å². The van der Waals surface area contributed by atoms with E-state index in [-0.39, 0.29) is 5.52 Å². The molecule has 0 bridgehead atoms. The average Bonchev–Trinajstić information content (AvgIpc) is 3.37. The van der Waals surface area contributed by atoms with Gasteiger partial charge in [0.1, 0.15) is 5.52 Å². The first-order valence-electron chi connectivity index (χ1n) is 11.2. The lowest BCUT2D eigenvalue weighted by Gasteiger charge is -2.37. The van der Waals surface area contributed by atoms with E-state index < -0.39 is 5.82 Å². The van der Waals surface area contributed by atoms with Gasteiger partial charge < -0.3 is 14.2 Å². The predicted molar refractivity (Wildman–Crippen MR) is 124 cm³/mol. The number of oxazole rings is 1. The van der Waals surface area contributed by atoms with E-state index in [0.29, 0.717) is 34.9 Å². The van der Waals surface area contributed by atoms with Gasteiger partial charge in [0.15, 0.2) is 17.0 Å². The highest BCUT2D eigenvalue weighted by Gasteiger charge is 2.27. The van der Waals surface area contributed by atoms with Crippen LogP contribution < -0.4 is 4.90 Å². The topological polar surface area (TPSA) is 62.7 Å². The SMILES string of the molecule is Cc1cn2nc(-c3cc(F)c4nc(N(C)C5CCN(C(C)C)CC5)oc4c3)cc(C)c2n1. The van der Waals surface area contributed by atoms with E-state index in [1.54, 1.807) is 4.52 Å². The summed E-state index contributed by atoms with van der Waals surface area (Å²) >= 11 is 0. The Labute approximate surface area is 186 Å². The van der Waals surface area contributed by atoms with Crippen LogP contribution in [0, 0.1) is 19.7 Å². The second-order valence-electron chi connectivity index (χ2n) is 9.14. The minimum absolute atomic E-state index is 0.256. The van der Waals surface area contributed by atoms with E-state index in [2.05, 4.69) is 38.7 Å². The number of nitrogens with zero attached hydrogens (tertiary/aromatic N) is 6. The lowest BCUT2D eigenvalue weighted by atomic mass is 10.0. The number of hydrogen-bond donors (Lipinski definition) is 0. The van der Waals surface area contributed by atoms with E-state index in [9.17, 15) is 0 Å². The predicted octanol–water partition coefficient (Wildman–Crippen LogP) is 4.60. The highest BCUT2D eigenvalue weighted by atomic mass is 19.1. The Kier molecular flexibility index (Phi) is 5.12. The van der Waals surface area contributed by atoms with Gasteiger partial charge in [0, 0.05) is 37.8 Å². The number of aromatic nitrogens is 4. The summed E-state index contributed by atoms with van der Waals surface area (Å²) in [6.07, 6.45) is 3.94. The number of fused-ring (bicyclic) bond motifs is 2. The fourth-order valence-electron chi connectivity index (χ4n) is 4.61. The molecule has 5 rings (SSSR count). The molecule has 0 radical (unpaired) electrons. The van der Waals surface area contributed by atoms with Gasteiger partial charge in [-0.2, -0.15) is 10.1 Å². The van der Waals surface area contributed by atoms with Gasteiger partial charge in [-0.25, -0.2) is 13.9 Å². The zero-order valence-electron chi connectivity index (χ0n) is 19.3. The maximum absolute atomic E-state index is 15.0. The molecule has 3 aromatic heterocycles. The lowest BCUT2D eigenvalue weighted by molar-refractivity contribution is 0.170. The second-order valence-corrected chi connectivity index (χ2v) is 9.14. The zero-order valence-corrected chi connectivity index (χ0v) is 19.3. The Bertz CT molecular complexity index is 1280. The maximum Gasteiger partial charge on any atom is 0.298 e. The van der Waals surface area contributed by atoms with Gasteiger partial charge in [0.25, 0.3) is 6.01 Å². The number of rotatable bonds is 4. The molecule has 8 heteroatoms. The first kappa shape index (κ1) is 20.9. The van der Waals surface area contributed by atoms with Crippen molar-refractivity contribution in [3.8, 4) is 11.3 Å². The van der Waals surface area contributed by atoms with Gasteiger partial charge in [0.05, 0.1) is 17.6 Å². The number of piperidine rings is 1. The molecule has 1 aromatic carbocycles. The first-order valence-corrected chi connectivity index (χ1v) is 11.2. The van der Waals surface area contributed by atoms with Crippen LogP contribution in [-0.2, 0) is 0 Å². The van der Waals surface area contributed by atoms with Crippen molar-refractivity contribution >= 4 is 22.8 Å². The number of aryl methyl sites for hydroxylation is 2. The van der Waals surface area contributed by atoms with Gasteiger partial charge in [-0.3, -0.25) is 0 Å². The summed E-state index contributed by atoms with van der Waals surface area (Å²) < 4.78 is 22.8. The summed E-state index contributed by atoms with van der Waals surface area (Å²) in [6, 6.07) is 6.57. The van der Waals surface area contributed by atoms with Crippen LogP contribution in [-0.4, -0.2) is 56.7 Å². The van der Waals surface area contributed by atoms with Crippen molar-refractivity contribution in [1.82, 2.24) is 24.5 Å². The second kappa shape index (κ2) is 7.85. The van der Waals surface area contributed by atoms with Gasteiger partial charge in [-0.15, -0.1) is 0 Å². The van der Waals surface area contributed by atoms with Crippen molar-refractivity contribution in [2.75, 3.05) is 25.0 Å². The highest BCUT2D eigenvalue weighted by molar-refractivity contribution is 5.81. The molecule has 0 aliphatic carbocycles. The Balaban J connectivity index is 1.46. The molecule has 1 fully saturated rings. The van der Waals surface area contributed by atoms with Crippen LogP contribution in [0.3, 0.4) is 0 Å². The molecule has 7 nitrogen and oxygen atoms in total. The number of likely N-dealkylation sites (tertiary alicyclic amines) is 1. The molecule has 0 saturated carbocycles. The number of imidazole rings is 1. The average molecular weight is 437 g/mol. The summed E-state index contributed by atoms with van der Waals surface area (Å²) in [5.41, 5.74) is 4.69. The Morgan fingerprint density at radius 3 is 2.59 bits per heavy atom. The highest BCUT2D eigenvalue weighted by Crippen LogP contribution is 2.31. The number of halogens is 1. The van der Waals surface area contributed by atoms with E-state index in [1.165, 1.54) is 6.07 Å². The first-order chi connectivity index (χ1) is 15.3. The van der Waals surface area contributed by atoms with Crippen LogP contribution in [0.25, 0.3) is 28.0 Å². The van der Waals surface area contributed by atoms with E-state index in [4.69, 9.17) is 4.42 Å². The van der Waals surface area contributed by atoms with Crippen LogP contribution >= 0.6 is 0 Å². The molecule has 0 atom stereocenters. The molecular weight excluding hydrogens is 407 g/mol. The molecule has 1 aliphatic rings. The number of anilines is 1. The molecule has 32 heavy (non-hydrogen) atoms. The Hall–Kier alpha value is -3.00. The van der Waals surface area contributed by atoms with E-state index in [0.717, 1.165) is 42.8 Å². The van der Waals surface area contributed by atoms with Gasteiger partial charge in [-0.05, 0) is 64.3 Å². The molecule has 1 aliphatic heterocycles. The Morgan fingerprint density at radius 1 is 1.12 bits per heavy atom. The normalized spacial score (nSPS) is 16.0. The van der Waals surface area contributed by atoms with E-state index >= 15 is 4.39 Å². The third kappa shape index (κ3) is 3.62. The smallest absolute Gasteiger partial charge is 0.298 e. The van der Waals surface area contributed by atoms with Crippen molar-refractivity contribution < 1.29 is 8.81 Å². The van der Waals surface area contributed by atoms with Crippen LogP contribution in [0.2, 0.25) is 0 Å². The van der Waals surface area contributed by atoms with Gasteiger partial charge in [0.2, 0.25) is 0 Å². The fourth-order valence-corrected chi connectivity index (χ4v) is 4.61. The fraction of sp³-hybridized carbons (Fsp3) is 0.458. The molecule has 1 saturated heterocycles. The van der Waals surface area contributed by atoms with Crippen LogP contribution in [0.5, 0.6) is 0 Å². The maximum atomic E-state index is 15.0. The van der Waals surface area contributed by atoms with Crippen molar-refractivity contribution in [2.24, 2.45) is 0 Å². The van der Waals surface area contributed by atoms with Crippen LogP contribution in [0.4, 0.5) is 10.4 Å². The molecule has 0 amide bonds. The van der Waals surface area contributed by atoms with Crippen molar-refractivity contribution in [1.29, 1.82) is 0 Å².